The SMILES string of the molecule is CCCNCc1cn(CCN(C)C)c2ccccc12. The second-order valence-corrected chi connectivity index (χ2v) is 5.34. The van der Waals surface area contributed by atoms with E-state index in [-0.39, 0.29) is 0 Å². The van der Waals surface area contributed by atoms with E-state index in [4.69, 9.17) is 0 Å². The molecule has 0 aliphatic carbocycles. The fourth-order valence-electron chi connectivity index (χ4n) is 2.36. The van der Waals surface area contributed by atoms with Crippen molar-refractivity contribution in [2.75, 3.05) is 27.2 Å². The molecule has 3 heteroatoms. The smallest absolute Gasteiger partial charge is 0.0484 e. The molecule has 0 amide bonds. The van der Waals surface area contributed by atoms with Crippen LogP contribution in [0.1, 0.15) is 18.9 Å². The van der Waals surface area contributed by atoms with E-state index in [0.29, 0.717) is 0 Å². The van der Waals surface area contributed by atoms with Gasteiger partial charge in [-0.1, -0.05) is 25.1 Å². The van der Waals surface area contributed by atoms with Crippen molar-refractivity contribution >= 4 is 10.9 Å². The first-order valence-electron chi connectivity index (χ1n) is 7.14. The van der Waals surface area contributed by atoms with Crippen LogP contribution in [0.5, 0.6) is 0 Å². The summed E-state index contributed by atoms with van der Waals surface area (Å²) in [6, 6.07) is 8.69. The molecule has 0 aliphatic rings. The Morgan fingerprint density at radius 3 is 2.74 bits per heavy atom. The summed E-state index contributed by atoms with van der Waals surface area (Å²) in [4.78, 5) is 2.23. The summed E-state index contributed by atoms with van der Waals surface area (Å²) in [7, 11) is 4.24. The van der Waals surface area contributed by atoms with Crippen LogP contribution in [-0.2, 0) is 13.1 Å². The molecule has 1 heterocycles. The van der Waals surface area contributed by atoms with E-state index in [1.54, 1.807) is 0 Å². The lowest BCUT2D eigenvalue weighted by molar-refractivity contribution is 0.386. The Kier molecular flexibility index (Phi) is 5.00. The third kappa shape index (κ3) is 3.58. The molecular weight excluding hydrogens is 234 g/mol. The van der Waals surface area contributed by atoms with Crippen LogP contribution in [0.4, 0.5) is 0 Å². The maximum Gasteiger partial charge on any atom is 0.0484 e. The average Bonchev–Trinajstić information content (AvgIpc) is 2.76. The highest BCUT2D eigenvalue weighted by molar-refractivity contribution is 5.83. The molecule has 2 aromatic rings. The number of nitrogens with one attached hydrogen (secondary N) is 1. The van der Waals surface area contributed by atoms with Gasteiger partial charge in [0.25, 0.3) is 0 Å². The number of nitrogens with zero attached hydrogens (tertiary/aromatic N) is 2. The molecule has 0 radical (unpaired) electrons. The van der Waals surface area contributed by atoms with E-state index in [2.05, 4.69) is 66.3 Å². The van der Waals surface area contributed by atoms with E-state index >= 15 is 0 Å². The zero-order valence-corrected chi connectivity index (χ0v) is 12.3. The number of rotatable bonds is 7. The van der Waals surface area contributed by atoms with Gasteiger partial charge in [0.1, 0.15) is 0 Å². The molecule has 0 saturated carbocycles. The highest BCUT2D eigenvalue weighted by atomic mass is 15.1. The van der Waals surface area contributed by atoms with E-state index in [1.807, 2.05) is 0 Å². The quantitative estimate of drug-likeness (QED) is 0.772. The molecule has 2 rings (SSSR count). The standard InChI is InChI=1S/C16H25N3/c1-4-9-17-12-14-13-19(11-10-18(2)3)16-8-6-5-7-15(14)16/h5-8,13,17H,4,9-12H2,1-3H3. The summed E-state index contributed by atoms with van der Waals surface area (Å²) in [5.41, 5.74) is 2.75. The number of likely N-dealkylation sites (N-methyl/N-ethyl adjacent to an activating group) is 1. The van der Waals surface area contributed by atoms with Crippen LogP contribution in [0.25, 0.3) is 10.9 Å². The predicted octanol–water partition coefficient (Wildman–Crippen LogP) is 2.70. The third-order valence-electron chi connectivity index (χ3n) is 3.40. The molecular formula is C16H25N3. The van der Waals surface area contributed by atoms with Crippen LogP contribution in [0.3, 0.4) is 0 Å². The van der Waals surface area contributed by atoms with Crippen LogP contribution < -0.4 is 5.32 Å². The van der Waals surface area contributed by atoms with Crippen molar-refractivity contribution in [1.29, 1.82) is 0 Å². The second-order valence-electron chi connectivity index (χ2n) is 5.34. The first-order valence-corrected chi connectivity index (χ1v) is 7.14. The molecule has 0 aliphatic heterocycles. The Labute approximate surface area is 116 Å². The van der Waals surface area contributed by atoms with Gasteiger partial charge in [-0.05, 0) is 38.7 Å². The summed E-state index contributed by atoms with van der Waals surface area (Å²) in [6.07, 6.45) is 3.48. The molecule has 0 atom stereocenters. The zero-order chi connectivity index (χ0) is 13.7. The van der Waals surface area contributed by atoms with Crippen LogP contribution in [0.2, 0.25) is 0 Å². The minimum absolute atomic E-state index is 0.962. The number of fused-ring (bicyclic) bond motifs is 1. The Bertz CT molecular complexity index is 514. The molecule has 3 nitrogen and oxygen atoms in total. The van der Waals surface area contributed by atoms with Gasteiger partial charge in [-0.3, -0.25) is 0 Å². The van der Waals surface area contributed by atoms with Crippen molar-refractivity contribution in [2.24, 2.45) is 0 Å². The topological polar surface area (TPSA) is 20.2 Å². The first kappa shape index (κ1) is 14.1. The lowest BCUT2D eigenvalue weighted by Crippen LogP contribution is -2.18. The minimum Gasteiger partial charge on any atom is -0.346 e. The second kappa shape index (κ2) is 6.73. The van der Waals surface area contributed by atoms with Gasteiger partial charge in [0.05, 0.1) is 0 Å². The van der Waals surface area contributed by atoms with E-state index in [9.17, 15) is 0 Å². The maximum absolute atomic E-state index is 3.50. The summed E-state index contributed by atoms with van der Waals surface area (Å²) >= 11 is 0. The highest BCUT2D eigenvalue weighted by Crippen LogP contribution is 2.21. The van der Waals surface area contributed by atoms with E-state index in [0.717, 1.165) is 26.2 Å². The number of benzene rings is 1. The van der Waals surface area contributed by atoms with Crippen molar-refractivity contribution in [2.45, 2.75) is 26.4 Å². The van der Waals surface area contributed by atoms with Gasteiger partial charge < -0.3 is 14.8 Å². The van der Waals surface area contributed by atoms with Gasteiger partial charge in [0, 0.05) is 36.7 Å². The Balaban J connectivity index is 2.21. The predicted molar refractivity (Wildman–Crippen MR) is 82.5 cm³/mol. The largest absolute Gasteiger partial charge is 0.346 e. The van der Waals surface area contributed by atoms with E-state index < -0.39 is 0 Å². The molecule has 0 unspecified atom stereocenters. The van der Waals surface area contributed by atoms with Crippen molar-refractivity contribution in [3.05, 3.63) is 36.0 Å². The lowest BCUT2D eigenvalue weighted by atomic mass is 10.2. The van der Waals surface area contributed by atoms with Crippen molar-refractivity contribution in [1.82, 2.24) is 14.8 Å². The van der Waals surface area contributed by atoms with Crippen molar-refractivity contribution in [3.63, 3.8) is 0 Å². The van der Waals surface area contributed by atoms with Crippen LogP contribution >= 0.6 is 0 Å². The summed E-state index contributed by atoms with van der Waals surface area (Å²) in [5.74, 6) is 0. The van der Waals surface area contributed by atoms with Gasteiger partial charge in [0.15, 0.2) is 0 Å². The van der Waals surface area contributed by atoms with Gasteiger partial charge in [-0.25, -0.2) is 0 Å². The molecule has 0 saturated heterocycles. The number of aromatic nitrogens is 1. The Morgan fingerprint density at radius 1 is 1.21 bits per heavy atom. The zero-order valence-electron chi connectivity index (χ0n) is 12.3. The van der Waals surface area contributed by atoms with Gasteiger partial charge in [-0.15, -0.1) is 0 Å². The fourth-order valence-corrected chi connectivity index (χ4v) is 2.36. The van der Waals surface area contributed by atoms with Crippen LogP contribution in [0, 0.1) is 0 Å². The molecule has 1 aromatic heterocycles. The number of hydrogen-bond donors (Lipinski definition) is 1. The maximum atomic E-state index is 3.50. The molecule has 1 N–H and O–H groups in total. The van der Waals surface area contributed by atoms with Crippen molar-refractivity contribution in [3.8, 4) is 0 Å². The lowest BCUT2D eigenvalue weighted by Gasteiger charge is -2.10. The molecule has 0 fully saturated rings. The van der Waals surface area contributed by atoms with Crippen LogP contribution in [0.15, 0.2) is 30.5 Å². The minimum atomic E-state index is 0.962. The Morgan fingerprint density at radius 2 is 2.00 bits per heavy atom. The average molecular weight is 259 g/mol. The van der Waals surface area contributed by atoms with Gasteiger partial charge in [-0.2, -0.15) is 0 Å². The van der Waals surface area contributed by atoms with Gasteiger partial charge >= 0.3 is 0 Å². The molecule has 104 valence electrons. The Hall–Kier alpha value is -1.32. The monoisotopic (exact) mass is 259 g/mol. The molecule has 19 heavy (non-hydrogen) atoms. The summed E-state index contributed by atoms with van der Waals surface area (Å²) < 4.78 is 2.37. The fraction of sp³-hybridized carbons (Fsp3) is 0.500. The normalized spacial score (nSPS) is 11.6. The van der Waals surface area contributed by atoms with Gasteiger partial charge in [0.2, 0.25) is 0 Å². The number of hydrogen-bond acceptors (Lipinski definition) is 2. The van der Waals surface area contributed by atoms with Crippen molar-refractivity contribution < 1.29 is 0 Å². The third-order valence-corrected chi connectivity index (χ3v) is 3.40. The number of para-hydroxylation sites is 1. The van der Waals surface area contributed by atoms with E-state index in [1.165, 1.54) is 22.9 Å². The molecule has 0 spiro atoms. The van der Waals surface area contributed by atoms with Crippen LogP contribution in [-0.4, -0.2) is 36.7 Å². The molecule has 1 aromatic carbocycles. The summed E-state index contributed by atoms with van der Waals surface area (Å²) in [5, 5.41) is 4.88. The first-order chi connectivity index (χ1) is 9.22. The molecule has 0 bridgehead atoms. The highest BCUT2D eigenvalue weighted by Gasteiger charge is 2.07. The summed E-state index contributed by atoms with van der Waals surface area (Å²) in [6.45, 7) is 6.36.